The maximum Gasteiger partial charge on any atom is 0.0858 e. The lowest BCUT2D eigenvalue weighted by atomic mass is 10.3. The first-order chi connectivity index (χ1) is 3.27. The van der Waals surface area contributed by atoms with Crippen molar-refractivity contribution >= 4 is 0 Å². The van der Waals surface area contributed by atoms with Gasteiger partial charge in [0.15, 0.2) is 0 Å². The Morgan fingerprint density at radius 3 is 2.29 bits per heavy atom. The summed E-state index contributed by atoms with van der Waals surface area (Å²) in [5, 5.41) is 0. The van der Waals surface area contributed by atoms with Crippen LogP contribution in [0.15, 0.2) is 0 Å². The normalized spacial score (nSPS) is 24.9. The van der Waals surface area contributed by atoms with Crippen LogP contribution in [0.25, 0.3) is 0 Å². The topological polar surface area (TPSA) is 61.3 Å². The van der Waals surface area contributed by atoms with Gasteiger partial charge >= 0.3 is 0 Å². The zero-order chi connectivity index (χ0) is 5.33. The van der Waals surface area contributed by atoms with Crippen molar-refractivity contribution in [3.8, 4) is 0 Å². The fourth-order valence-electron chi connectivity index (χ4n) is 0.471. The van der Waals surface area contributed by atoms with Gasteiger partial charge in [-0.25, -0.2) is 5.90 Å². The van der Waals surface area contributed by atoms with Crippen LogP contribution in [-0.2, 0) is 4.84 Å². The summed E-state index contributed by atoms with van der Waals surface area (Å²) in [5.41, 5.74) is 5.51. The third-order valence-electron chi connectivity index (χ3n) is 1.26. The maximum absolute atomic E-state index is 5.55. The van der Waals surface area contributed by atoms with E-state index in [4.69, 9.17) is 11.6 Å². The summed E-state index contributed by atoms with van der Waals surface area (Å²) >= 11 is 0. The quantitative estimate of drug-likeness (QED) is 0.456. The van der Waals surface area contributed by atoms with E-state index >= 15 is 0 Å². The largest absolute Gasteiger partial charge is 0.323 e. The molecule has 7 heavy (non-hydrogen) atoms. The van der Waals surface area contributed by atoms with Crippen LogP contribution in [0.5, 0.6) is 0 Å². The SMILES string of the molecule is NOCC1(N)CC1. The van der Waals surface area contributed by atoms with Crippen molar-refractivity contribution in [3.05, 3.63) is 0 Å². The average molecular weight is 102 g/mol. The lowest BCUT2D eigenvalue weighted by molar-refractivity contribution is 0.118. The summed E-state index contributed by atoms with van der Waals surface area (Å²) in [6.45, 7) is 0.507. The van der Waals surface area contributed by atoms with Gasteiger partial charge in [0.1, 0.15) is 0 Å². The van der Waals surface area contributed by atoms with Gasteiger partial charge < -0.3 is 10.6 Å². The third-order valence-corrected chi connectivity index (χ3v) is 1.26. The van der Waals surface area contributed by atoms with E-state index in [9.17, 15) is 0 Å². The highest BCUT2D eigenvalue weighted by Crippen LogP contribution is 2.31. The molecule has 0 spiro atoms. The standard InChI is InChI=1S/C4H10N2O/c5-4(1-2-4)3-7-6/h1-3,5-6H2. The molecule has 1 aliphatic rings. The first-order valence-corrected chi connectivity index (χ1v) is 2.37. The fraction of sp³-hybridized carbons (Fsp3) is 1.00. The minimum Gasteiger partial charge on any atom is -0.323 e. The minimum atomic E-state index is -0.0469. The summed E-state index contributed by atoms with van der Waals surface area (Å²) < 4.78 is 0. The Morgan fingerprint density at radius 1 is 1.57 bits per heavy atom. The van der Waals surface area contributed by atoms with Crippen LogP contribution in [0.4, 0.5) is 0 Å². The van der Waals surface area contributed by atoms with E-state index in [1.807, 2.05) is 0 Å². The van der Waals surface area contributed by atoms with Gasteiger partial charge in [-0.2, -0.15) is 0 Å². The maximum atomic E-state index is 5.55. The van der Waals surface area contributed by atoms with Crippen LogP contribution < -0.4 is 11.6 Å². The number of hydrogen-bond donors (Lipinski definition) is 2. The fourth-order valence-corrected chi connectivity index (χ4v) is 0.471. The molecular weight excluding hydrogens is 92.1 g/mol. The molecule has 42 valence electrons. The molecule has 0 bridgehead atoms. The highest BCUT2D eigenvalue weighted by molar-refractivity contribution is 4.98. The highest BCUT2D eigenvalue weighted by Gasteiger charge is 2.38. The Labute approximate surface area is 42.6 Å². The van der Waals surface area contributed by atoms with E-state index in [1.54, 1.807) is 0 Å². The van der Waals surface area contributed by atoms with Gasteiger partial charge in [-0.15, -0.1) is 0 Å². The van der Waals surface area contributed by atoms with Crippen molar-refractivity contribution in [2.75, 3.05) is 6.61 Å². The number of nitrogens with two attached hydrogens (primary N) is 2. The monoisotopic (exact) mass is 102 g/mol. The molecule has 0 atom stereocenters. The molecule has 0 amide bonds. The van der Waals surface area contributed by atoms with Crippen LogP contribution >= 0.6 is 0 Å². The molecule has 4 N–H and O–H groups in total. The number of hydrogen-bond acceptors (Lipinski definition) is 3. The minimum absolute atomic E-state index is 0.0469. The van der Waals surface area contributed by atoms with Crippen LogP contribution in [0.3, 0.4) is 0 Å². The van der Waals surface area contributed by atoms with E-state index in [2.05, 4.69) is 4.84 Å². The second kappa shape index (κ2) is 1.43. The van der Waals surface area contributed by atoms with Gasteiger partial charge in [0, 0.05) is 5.54 Å². The molecule has 0 aliphatic heterocycles. The van der Waals surface area contributed by atoms with Gasteiger partial charge in [-0.05, 0) is 12.8 Å². The molecule has 0 unspecified atom stereocenters. The molecule has 0 radical (unpaired) electrons. The summed E-state index contributed by atoms with van der Waals surface area (Å²) in [4.78, 5) is 4.34. The second-order valence-corrected chi connectivity index (χ2v) is 2.17. The lowest BCUT2D eigenvalue weighted by Crippen LogP contribution is -2.29. The zero-order valence-electron chi connectivity index (χ0n) is 4.18. The Morgan fingerprint density at radius 2 is 2.14 bits per heavy atom. The van der Waals surface area contributed by atoms with Crippen LogP contribution in [0.1, 0.15) is 12.8 Å². The molecule has 0 aromatic carbocycles. The van der Waals surface area contributed by atoms with Crippen LogP contribution in [-0.4, -0.2) is 12.1 Å². The molecular formula is C4H10N2O. The molecule has 3 heteroatoms. The second-order valence-electron chi connectivity index (χ2n) is 2.17. The molecule has 1 rings (SSSR count). The summed E-state index contributed by atoms with van der Waals surface area (Å²) in [7, 11) is 0. The average Bonchev–Trinajstić information content (AvgIpc) is 2.22. The smallest absolute Gasteiger partial charge is 0.0858 e. The van der Waals surface area contributed by atoms with Crippen LogP contribution in [0, 0.1) is 0 Å². The van der Waals surface area contributed by atoms with Gasteiger partial charge in [-0.1, -0.05) is 0 Å². The summed E-state index contributed by atoms with van der Waals surface area (Å²) in [6, 6.07) is 0. The molecule has 1 saturated carbocycles. The van der Waals surface area contributed by atoms with Gasteiger partial charge in [0.25, 0.3) is 0 Å². The first kappa shape index (κ1) is 5.03. The van der Waals surface area contributed by atoms with E-state index in [0.29, 0.717) is 6.61 Å². The highest BCUT2D eigenvalue weighted by atomic mass is 16.6. The molecule has 0 aromatic rings. The van der Waals surface area contributed by atoms with Gasteiger partial charge in [0.2, 0.25) is 0 Å². The van der Waals surface area contributed by atoms with Crippen molar-refractivity contribution in [1.82, 2.24) is 0 Å². The zero-order valence-corrected chi connectivity index (χ0v) is 4.18. The van der Waals surface area contributed by atoms with E-state index < -0.39 is 0 Å². The van der Waals surface area contributed by atoms with Crippen molar-refractivity contribution in [2.45, 2.75) is 18.4 Å². The molecule has 0 aromatic heterocycles. The molecule has 1 fully saturated rings. The molecule has 0 heterocycles. The Bertz CT molecular complexity index is 70.1. The summed E-state index contributed by atoms with van der Waals surface area (Å²) in [5.74, 6) is 4.77. The van der Waals surface area contributed by atoms with Crippen LogP contribution in [0.2, 0.25) is 0 Å². The van der Waals surface area contributed by atoms with Crippen molar-refractivity contribution in [3.63, 3.8) is 0 Å². The lowest BCUT2D eigenvalue weighted by Gasteiger charge is -2.02. The Kier molecular flexibility index (Phi) is 1.03. The van der Waals surface area contributed by atoms with Gasteiger partial charge in [0.05, 0.1) is 6.61 Å². The van der Waals surface area contributed by atoms with E-state index in [0.717, 1.165) is 12.8 Å². The third kappa shape index (κ3) is 1.12. The first-order valence-electron chi connectivity index (χ1n) is 2.37. The predicted octanol–water partition coefficient (Wildman–Crippen LogP) is -0.632. The van der Waals surface area contributed by atoms with Gasteiger partial charge in [-0.3, -0.25) is 0 Å². The Hall–Kier alpha value is -0.120. The molecule has 3 nitrogen and oxygen atoms in total. The van der Waals surface area contributed by atoms with Crippen molar-refractivity contribution < 1.29 is 4.84 Å². The van der Waals surface area contributed by atoms with Crippen molar-refractivity contribution in [2.24, 2.45) is 11.6 Å². The molecule has 0 saturated heterocycles. The number of rotatable bonds is 2. The molecule has 1 aliphatic carbocycles. The van der Waals surface area contributed by atoms with Crippen molar-refractivity contribution in [1.29, 1.82) is 0 Å². The predicted molar refractivity (Wildman–Crippen MR) is 26.3 cm³/mol. The van der Waals surface area contributed by atoms with E-state index in [1.165, 1.54) is 0 Å². The van der Waals surface area contributed by atoms with E-state index in [-0.39, 0.29) is 5.54 Å². The summed E-state index contributed by atoms with van der Waals surface area (Å²) in [6.07, 6.45) is 2.12. The Balaban J connectivity index is 2.13.